The van der Waals surface area contributed by atoms with Crippen molar-refractivity contribution in [2.24, 2.45) is 13.0 Å². The highest BCUT2D eigenvalue weighted by molar-refractivity contribution is 5.81. The van der Waals surface area contributed by atoms with Crippen LogP contribution in [0, 0.1) is 5.92 Å². The van der Waals surface area contributed by atoms with E-state index in [2.05, 4.69) is 29.6 Å². The first kappa shape index (κ1) is 15.7. The molecule has 1 rings (SSSR count). The second-order valence-corrected chi connectivity index (χ2v) is 5.35. The molecule has 0 aliphatic carbocycles. The van der Waals surface area contributed by atoms with E-state index in [1.165, 1.54) is 5.69 Å². The largest absolute Gasteiger partial charge is 0.355 e. The highest BCUT2D eigenvalue weighted by Gasteiger charge is 2.11. The summed E-state index contributed by atoms with van der Waals surface area (Å²) in [4.78, 5) is 11.8. The third-order valence-electron chi connectivity index (χ3n) is 3.17. The molecule has 0 aromatic carbocycles. The zero-order valence-electron chi connectivity index (χ0n) is 12.4. The summed E-state index contributed by atoms with van der Waals surface area (Å²) in [5, 5.41) is 10.3. The molecule has 108 valence electrons. The molecule has 1 amide bonds. The molecule has 0 spiro atoms. The van der Waals surface area contributed by atoms with Crippen LogP contribution >= 0.6 is 0 Å². The number of aryl methyl sites for hydroxylation is 1. The number of aromatic nitrogens is 2. The molecule has 1 heterocycles. The summed E-state index contributed by atoms with van der Waals surface area (Å²) in [5.41, 5.74) is 1.17. The van der Waals surface area contributed by atoms with Crippen molar-refractivity contribution < 1.29 is 4.79 Å². The van der Waals surface area contributed by atoms with Crippen LogP contribution in [0.2, 0.25) is 0 Å². The Hall–Kier alpha value is -1.36. The lowest BCUT2D eigenvalue weighted by molar-refractivity contribution is -0.122. The van der Waals surface area contributed by atoms with E-state index in [1.54, 1.807) is 6.20 Å². The minimum absolute atomic E-state index is 0.0747. The Balaban J connectivity index is 2.18. The smallest absolute Gasteiger partial charge is 0.236 e. The zero-order valence-corrected chi connectivity index (χ0v) is 12.4. The number of carbonyl (C=O) groups excluding carboxylic acids is 1. The molecule has 0 aliphatic heterocycles. The Morgan fingerprint density at radius 2 is 2.11 bits per heavy atom. The molecule has 1 atom stereocenters. The fourth-order valence-electron chi connectivity index (χ4n) is 1.79. The van der Waals surface area contributed by atoms with Crippen molar-refractivity contribution in [2.75, 3.05) is 13.1 Å². The van der Waals surface area contributed by atoms with E-state index in [4.69, 9.17) is 0 Å². The predicted octanol–water partition coefficient (Wildman–Crippen LogP) is 1.10. The van der Waals surface area contributed by atoms with Gasteiger partial charge in [-0.25, -0.2) is 0 Å². The van der Waals surface area contributed by atoms with Crippen molar-refractivity contribution in [2.45, 2.75) is 39.7 Å². The standard InChI is InChI=1S/C14H26N4O/c1-11(2)5-8-16-14(19)12(3)15-9-6-13-7-10-17-18(13)4/h7,10-12,15H,5-6,8-9H2,1-4H3,(H,16,19). The summed E-state index contributed by atoms with van der Waals surface area (Å²) in [5.74, 6) is 0.694. The van der Waals surface area contributed by atoms with E-state index in [-0.39, 0.29) is 11.9 Å². The lowest BCUT2D eigenvalue weighted by Crippen LogP contribution is -2.43. The Morgan fingerprint density at radius 1 is 1.37 bits per heavy atom. The SMILES string of the molecule is CC(C)CCNC(=O)C(C)NCCc1ccnn1C. The Bertz CT molecular complexity index is 387. The van der Waals surface area contributed by atoms with Gasteiger partial charge in [0.05, 0.1) is 6.04 Å². The molecule has 0 radical (unpaired) electrons. The number of hydrogen-bond acceptors (Lipinski definition) is 3. The third kappa shape index (κ3) is 5.87. The van der Waals surface area contributed by atoms with Crippen LogP contribution in [-0.2, 0) is 18.3 Å². The average Bonchev–Trinajstić information content (AvgIpc) is 2.74. The van der Waals surface area contributed by atoms with E-state index in [1.807, 2.05) is 24.7 Å². The first-order valence-corrected chi connectivity index (χ1v) is 6.98. The van der Waals surface area contributed by atoms with Gasteiger partial charge in [-0.3, -0.25) is 9.48 Å². The topological polar surface area (TPSA) is 59.0 Å². The number of nitrogens with zero attached hydrogens (tertiary/aromatic N) is 2. The summed E-state index contributed by atoms with van der Waals surface area (Å²) in [6, 6.07) is 1.84. The summed E-state index contributed by atoms with van der Waals surface area (Å²) in [7, 11) is 1.93. The van der Waals surface area contributed by atoms with Crippen LogP contribution in [0.15, 0.2) is 12.3 Å². The molecule has 0 aliphatic rings. The van der Waals surface area contributed by atoms with Crippen molar-refractivity contribution in [3.63, 3.8) is 0 Å². The summed E-state index contributed by atoms with van der Waals surface area (Å²) >= 11 is 0. The second kappa shape index (κ2) is 7.94. The molecule has 0 saturated heterocycles. The lowest BCUT2D eigenvalue weighted by atomic mass is 10.1. The van der Waals surface area contributed by atoms with Crippen LogP contribution in [0.1, 0.15) is 32.9 Å². The normalized spacial score (nSPS) is 12.7. The average molecular weight is 266 g/mol. The Kier molecular flexibility index (Phi) is 6.56. The molecule has 0 bridgehead atoms. The van der Waals surface area contributed by atoms with Gasteiger partial charge in [-0.15, -0.1) is 0 Å². The molecule has 1 unspecified atom stereocenters. The highest BCUT2D eigenvalue weighted by Crippen LogP contribution is 1.98. The fourth-order valence-corrected chi connectivity index (χ4v) is 1.79. The van der Waals surface area contributed by atoms with E-state index in [9.17, 15) is 4.79 Å². The van der Waals surface area contributed by atoms with Crippen LogP contribution in [0.3, 0.4) is 0 Å². The summed E-state index contributed by atoms with van der Waals surface area (Å²) in [6.45, 7) is 7.74. The monoisotopic (exact) mass is 266 g/mol. The fraction of sp³-hybridized carbons (Fsp3) is 0.714. The van der Waals surface area contributed by atoms with Crippen LogP contribution in [0.25, 0.3) is 0 Å². The maximum Gasteiger partial charge on any atom is 0.236 e. The minimum atomic E-state index is -0.152. The van der Waals surface area contributed by atoms with Crippen molar-refractivity contribution >= 4 is 5.91 Å². The third-order valence-corrected chi connectivity index (χ3v) is 3.17. The maximum atomic E-state index is 11.8. The van der Waals surface area contributed by atoms with Gasteiger partial charge < -0.3 is 10.6 Å². The van der Waals surface area contributed by atoms with Gasteiger partial charge in [0.15, 0.2) is 0 Å². The summed E-state index contributed by atoms with van der Waals surface area (Å²) in [6.07, 6.45) is 3.69. The van der Waals surface area contributed by atoms with Gasteiger partial charge >= 0.3 is 0 Å². The quantitative estimate of drug-likeness (QED) is 0.741. The van der Waals surface area contributed by atoms with Gasteiger partial charge in [-0.2, -0.15) is 5.10 Å². The first-order valence-electron chi connectivity index (χ1n) is 6.98. The zero-order chi connectivity index (χ0) is 14.3. The van der Waals surface area contributed by atoms with Gasteiger partial charge in [0.25, 0.3) is 0 Å². The number of rotatable bonds is 8. The van der Waals surface area contributed by atoms with Crippen molar-refractivity contribution in [1.82, 2.24) is 20.4 Å². The van der Waals surface area contributed by atoms with Crippen molar-refractivity contribution in [1.29, 1.82) is 0 Å². The van der Waals surface area contributed by atoms with Gasteiger partial charge in [-0.05, 0) is 25.3 Å². The first-order chi connectivity index (χ1) is 9.00. The van der Waals surface area contributed by atoms with E-state index < -0.39 is 0 Å². The van der Waals surface area contributed by atoms with Gasteiger partial charge in [0, 0.05) is 38.4 Å². The molecular weight excluding hydrogens is 240 g/mol. The Labute approximate surface area is 115 Å². The molecule has 19 heavy (non-hydrogen) atoms. The molecule has 5 nitrogen and oxygen atoms in total. The van der Waals surface area contributed by atoms with Crippen LogP contribution in [-0.4, -0.2) is 34.8 Å². The maximum absolute atomic E-state index is 11.8. The minimum Gasteiger partial charge on any atom is -0.355 e. The molecule has 0 saturated carbocycles. The van der Waals surface area contributed by atoms with Crippen molar-refractivity contribution in [3.05, 3.63) is 18.0 Å². The number of hydrogen-bond donors (Lipinski definition) is 2. The van der Waals surface area contributed by atoms with Crippen LogP contribution in [0.4, 0.5) is 0 Å². The van der Waals surface area contributed by atoms with Crippen LogP contribution in [0.5, 0.6) is 0 Å². The van der Waals surface area contributed by atoms with Crippen molar-refractivity contribution in [3.8, 4) is 0 Å². The lowest BCUT2D eigenvalue weighted by Gasteiger charge is -2.14. The van der Waals surface area contributed by atoms with Gasteiger partial charge in [0.2, 0.25) is 5.91 Å². The number of amides is 1. The molecule has 1 aromatic heterocycles. The Morgan fingerprint density at radius 3 is 2.68 bits per heavy atom. The van der Waals surface area contributed by atoms with Gasteiger partial charge in [-0.1, -0.05) is 13.8 Å². The van der Waals surface area contributed by atoms with E-state index in [0.29, 0.717) is 5.92 Å². The molecular formula is C14H26N4O. The highest BCUT2D eigenvalue weighted by atomic mass is 16.2. The molecule has 5 heteroatoms. The molecule has 1 aromatic rings. The predicted molar refractivity (Wildman–Crippen MR) is 76.8 cm³/mol. The molecule has 2 N–H and O–H groups in total. The van der Waals surface area contributed by atoms with E-state index >= 15 is 0 Å². The van der Waals surface area contributed by atoms with E-state index in [0.717, 1.165) is 25.9 Å². The van der Waals surface area contributed by atoms with Crippen LogP contribution < -0.4 is 10.6 Å². The second-order valence-electron chi connectivity index (χ2n) is 5.35. The number of carbonyl (C=O) groups is 1. The van der Waals surface area contributed by atoms with Gasteiger partial charge in [0.1, 0.15) is 0 Å². The molecule has 0 fully saturated rings. The summed E-state index contributed by atoms with van der Waals surface area (Å²) < 4.78 is 1.86. The number of nitrogens with one attached hydrogen (secondary N) is 2.